The molecule has 0 radical (unpaired) electrons. The number of thiophene rings is 1. The highest BCUT2D eigenvalue weighted by Crippen LogP contribution is 2.33. The number of sulfonamides is 1. The zero-order valence-corrected chi connectivity index (χ0v) is 19.5. The van der Waals surface area contributed by atoms with Gasteiger partial charge in [0.2, 0.25) is 15.9 Å². The summed E-state index contributed by atoms with van der Waals surface area (Å²) in [5, 5.41) is 0.630. The third-order valence-corrected chi connectivity index (χ3v) is 9.42. The number of rotatable bonds is 4. The first-order chi connectivity index (χ1) is 15.9. The molecule has 3 aromatic rings. The molecule has 1 fully saturated rings. The molecule has 2 aromatic heterocycles. The van der Waals surface area contributed by atoms with Crippen LogP contribution < -0.4 is 5.56 Å². The maximum atomic E-state index is 14.0. The highest BCUT2D eigenvalue weighted by Gasteiger charge is 2.32. The molecule has 0 saturated carbocycles. The topological polar surface area (TPSA) is 92.6 Å². The van der Waals surface area contributed by atoms with Crippen LogP contribution in [0.4, 0.5) is 4.39 Å². The molecular weight excluding hydrogens is 467 g/mol. The van der Waals surface area contributed by atoms with Crippen LogP contribution >= 0.6 is 11.3 Å². The second-order valence-electron chi connectivity index (χ2n) is 8.28. The number of benzene rings is 1. The number of aromatic nitrogens is 2. The molecule has 1 amide bonds. The summed E-state index contributed by atoms with van der Waals surface area (Å²) in [6.45, 7) is 0.321. The summed E-state index contributed by atoms with van der Waals surface area (Å²) >= 11 is 1.56. The first kappa shape index (κ1) is 22.2. The lowest BCUT2D eigenvalue weighted by Gasteiger charge is -2.34. The zero-order valence-electron chi connectivity index (χ0n) is 17.9. The second-order valence-corrected chi connectivity index (χ2v) is 11.3. The second kappa shape index (κ2) is 8.62. The van der Waals surface area contributed by atoms with Crippen molar-refractivity contribution in [2.24, 2.45) is 0 Å². The summed E-state index contributed by atoms with van der Waals surface area (Å²) in [4.78, 5) is 33.5. The van der Waals surface area contributed by atoms with Crippen LogP contribution in [0, 0.1) is 5.82 Å². The Morgan fingerprint density at radius 3 is 2.58 bits per heavy atom. The van der Waals surface area contributed by atoms with E-state index in [2.05, 4.69) is 4.98 Å². The van der Waals surface area contributed by atoms with Crippen LogP contribution in [0.25, 0.3) is 10.2 Å². The molecule has 1 aliphatic heterocycles. The van der Waals surface area contributed by atoms with Crippen molar-refractivity contribution in [3.05, 3.63) is 57.2 Å². The van der Waals surface area contributed by atoms with Crippen molar-refractivity contribution in [1.82, 2.24) is 18.8 Å². The normalized spacial score (nSPS) is 17.3. The SMILES string of the molecule is O=C(Cn1cnc2sc3c(c2c1=O)CCCC3)N1CCN(S(=O)(=O)c2ccccc2F)CC1. The third-order valence-electron chi connectivity index (χ3n) is 6.29. The fraction of sp³-hybridized carbons (Fsp3) is 0.409. The standard InChI is InChI=1S/C22H23FN4O4S2/c23-16-6-2-4-8-18(16)33(30,31)27-11-9-25(10-12-27)19(28)13-26-14-24-21-20(22(26)29)15-5-1-3-7-17(15)32-21/h2,4,6,8,14H,1,3,5,7,9-13H2. The average Bonchev–Trinajstić information content (AvgIpc) is 3.20. The van der Waals surface area contributed by atoms with Crippen molar-refractivity contribution < 1.29 is 17.6 Å². The number of piperazine rings is 1. The molecule has 8 nitrogen and oxygen atoms in total. The fourth-order valence-electron chi connectivity index (χ4n) is 4.51. The number of fused-ring (bicyclic) bond motifs is 3. The Hall–Kier alpha value is -2.63. The summed E-state index contributed by atoms with van der Waals surface area (Å²) in [7, 11) is -3.98. The Balaban J connectivity index is 1.29. The molecule has 1 saturated heterocycles. The van der Waals surface area contributed by atoms with Crippen molar-refractivity contribution in [2.45, 2.75) is 37.1 Å². The van der Waals surface area contributed by atoms with Crippen molar-refractivity contribution in [1.29, 1.82) is 0 Å². The van der Waals surface area contributed by atoms with Crippen molar-refractivity contribution in [3.8, 4) is 0 Å². The molecule has 33 heavy (non-hydrogen) atoms. The maximum Gasteiger partial charge on any atom is 0.262 e. The summed E-state index contributed by atoms with van der Waals surface area (Å²) in [6, 6.07) is 5.26. The molecule has 174 valence electrons. The Kier molecular flexibility index (Phi) is 5.79. The van der Waals surface area contributed by atoms with E-state index in [1.165, 1.54) is 43.2 Å². The van der Waals surface area contributed by atoms with Crippen LogP contribution in [-0.2, 0) is 34.2 Å². The smallest absolute Gasteiger partial charge is 0.262 e. The lowest BCUT2D eigenvalue weighted by atomic mass is 9.97. The van der Waals surface area contributed by atoms with Crippen LogP contribution in [0.15, 0.2) is 40.3 Å². The largest absolute Gasteiger partial charge is 0.338 e. The van der Waals surface area contributed by atoms with Crippen LogP contribution in [-0.4, -0.2) is 59.3 Å². The number of hydrogen-bond donors (Lipinski definition) is 0. The summed E-state index contributed by atoms with van der Waals surface area (Å²) in [5.74, 6) is -1.07. The lowest BCUT2D eigenvalue weighted by molar-refractivity contribution is -0.133. The minimum absolute atomic E-state index is 0.0621. The molecule has 3 heterocycles. The monoisotopic (exact) mass is 490 g/mol. The molecule has 1 aliphatic carbocycles. The summed E-state index contributed by atoms with van der Waals surface area (Å²) in [6.07, 6.45) is 5.41. The third kappa shape index (κ3) is 3.98. The van der Waals surface area contributed by atoms with Crippen LogP contribution in [0.5, 0.6) is 0 Å². The Labute approximate surface area is 194 Å². The number of carbonyl (C=O) groups is 1. The number of carbonyl (C=O) groups excluding carboxylic acids is 1. The zero-order chi connectivity index (χ0) is 23.2. The van der Waals surface area contributed by atoms with E-state index in [0.29, 0.717) is 5.39 Å². The lowest BCUT2D eigenvalue weighted by Crippen LogP contribution is -2.51. The molecule has 2 aliphatic rings. The van der Waals surface area contributed by atoms with Gasteiger partial charge in [0.15, 0.2) is 0 Å². The summed E-state index contributed by atoms with van der Waals surface area (Å²) < 4.78 is 42.1. The molecule has 1 aromatic carbocycles. The first-order valence-electron chi connectivity index (χ1n) is 10.9. The summed E-state index contributed by atoms with van der Waals surface area (Å²) in [5.41, 5.74) is 0.876. The quantitative estimate of drug-likeness (QED) is 0.558. The van der Waals surface area contributed by atoms with Gasteiger partial charge in [-0.2, -0.15) is 4.31 Å². The molecular formula is C22H23FN4O4S2. The molecule has 0 spiro atoms. The van der Waals surface area contributed by atoms with E-state index in [1.54, 1.807) is 11.3 Å². The molecule has 0 N–H and O–H groups in total. The highest BCUT2D eigenvalue weighted by molar-refractivity contribution is 7.89. The number of amides is 1. The van der Waals surface area contributed by atoms with Gasteiger partial charge in [-0.1, -0.05) is 12.1 Å². The minimum Gasteiger partial charge on any atom is -0.338 e. The van der Waals surface area contributed by atoms with Crippen molar-refractivity contribution >= 4 is 37.5 Å². The van der Waals surface area contributed by atoms with Crippen LogP contribution in [0.3, 0.4) is 0 Å². The maximum absolute atomic E-state index is 14.0. The molecule has 11 heteroatoms. The van der Waals surface area contributed by atoms with Gasteiger partial charge in [-0.3, -0.25) is 14.2 Å². The van der Waals surface area contributed by atoms with E-state index in [1.807, 2.05) is 0 Å². The number of halogens is 1. The van der Waals surface area contributed by atoms with Gasteiger partial charge >= 0.3 is 0 Å². The first-order valence-corrected chi connectivity index (χ1v) is 13.1. The molecule has 0 bridgehead atoms. The van der Waals surface area contributed by atoms with Crippen LogP contribution in [0.1, 0.15) is 23.3 Å². The van der Waals surface area contributed by atoms with Crippen LogP contribution in [0.2, 0.25) is 0 Å². The van der Waals surface area contributed by atoms with Gasteiger partial charge < -0.3 is 4.90 Å². The van der Waals surface area contributed by atoms with Gasteiger partial charge in [-0.25, -0.2) is 17.8 Å². The number of nitrogens with zero attached hydrogens (tertiary/aromatic N) is 4. The molecule has 0 unspecified atom stereocenters. The highest BCUT2D eigenvalue weighted by atomic mass is 32.2. The Bertz CT molecular complexity index is 1390. The van der Waals surface area contributed by atoms with E-state index >= 15 is 0 Å². The van der Waals surface area contributed by atoms with Crippen molar-refractivity contribution in [2.75, 3.05) is 26.2 Å². The van der Waals surface area contributed by atoms with Gasteiger partial charge in [0, 0.05) is 31.1 Å². The fourth-order valence-corrected chi connectivity index (χ4v) is 7.22. The van der Waals surface area contributed by atoms with E-state index in [0.717, 1.165) is 42.1 Å². The van der Waals surface area contributed by atoms with Gasteiger partial charge in [-0.05, 0) is 43.4 Å². The molecule has 0 atom stereocenters. The van der Waals surface area contributed by atoms with Gasteiger partial charge in [0.25, 0.3) is 5.56 Å². The Morgan fingerprint density at radius 1 is 1.09 bits per heavy atom. The van der Waals surface area contributed by atoms with E-state index in [-0.39, 0.29) is 49.1 Å². The number of aryl methyl sites for hydroxylation is 2. The Morgan fingerprint density at radius 2 is 1.82 bits per heavy atom. The van der Waals surface area contributed by atoms with E-state index in [9.17, 15) is 22.4 Å². The number of hydrogen-bond acceptors (Lipinski definition) is 6. The predicted molar refractivity (Wildman–Crippen MR) is 122 cm³/mol. The van der Waals surface area contributed by atoms with E-state index < -0.39 is 15.8 Å². The molecule has 5 rings (SSSR count). The van der Waals surface area contributed by atoms with Gasteiger partial charge in [0.1, 0.15) is 22.1 Å². The van der Waals surface area contributed by atoms with E-state index in [4.69, 9.17) is 0 Å². The van der Waals surface area contributed by atoms with Gasteiger partial charge in [-0.15, -0.1) is 11.3 Å². The average molecular weight is 491 g/mol. The predicted octanol–water partition coefficient (Wildman–Crippen LogP) is 2.01. The van der Waals surface area contributed by atoms with Gasteiger partial charge in [0.05, 0.1) is 11.7 Å². The minimum atomic E-state index is -3.98. The van der Waals surface area contributed by atoms with Crippen molar-refractivity contribution in [3.63, 3.8) is 0 Å².